The third-order valence-electron chi connectivity index (χ3n) is 3.48. The molecule has 7 heteroatoms. The SMILES string of the molecule is COC(=O)c1cc2c(F)cc(-c3ccc(Cl)cc3Cl)cc2n1O. The van der Waals surface area contributed by atoms with Crippen LogP contribution in [0.4, 0.5) is 4.39 Å². The molecule has 4 nitrogen and oxygen atoms in total. The molecule has 0 saturated carbocycles. The van der Waals surface area contributed by atoms with E-state index >= 15 is 0 Å². The molecule has 1 heterocycles. The number of esters is 1. The molecule has 0 saturated heterocycles. The summed E-state index contributed by atoms with van der Waals surface area (Å²) in [5, 5.41) is 11.0. The summed E-state index contributed by atoms with van der Waals surface area (Å²) in [7, 11) is 1.18. The third-order valence-corrected chi connectivity index (χ3v) is 4.03. The van der Waals surface area contributed by atoms with Gasteiger partial charge in [0.25, 0.3) is 0 Å². The molecule has 0 fully saturated rings. The van der Waals surface area contributed by atoms with Gasteiger partial charge in [0.05, 0.1) is 12.6 Å². The van der Waals surface area contributed by atoms with Crippen molar-refractivity contribution >= 4 is 40.1 Å². The van der Waals surface area contributed by atoms with E-state index in [2.05, 4.69) is 4.74 Å². The smallest absolute Gasteiger partial charge is 0.358 e. The average Bonchev–Trinajstić information content (AvgIpc) is 2.84. The van der Waals surface area contributed by atoms with Crippen molar-refractivity contribution < 1.29 is 19.1 Å². The first-order valence-electron chi connectivity index (χ1n) is 6.50. The zero-order chi connectivity index (χ0) is 16.7. The van der Waals surface area contributed by atoms with Crippen LogP contribution >= 0.6 is 23.2 Å². The lowest BCUT2D eigenvalue weighted by atomic mass is 10.0. The van der Waals surface area contributed by atoms with E-state index in [0.29, 0.717) is 25.9 Å². The van der Waals surface area contributed by atoms with Crippen molar-refractivity contribution in [1.29, 1.82) is 0 Å². The Balaban J connectivity index is 2.25. The van der Waals surface area contributed by atoms with E-state index in [1.165, 1.54) is 25.3 Å². The maximum atomic E-state index is 14.4. The number of carbonyl (C=O) groups excluding carboxylic acids is 1. The Bertz CT molecular complexity index is 937. The lowest BCUT2D eigenvalue weighted by molar-refractivity contribution is 0.0554. The van der Waals surface area contributed by atoms with E-state index in [1.807, 2.05) is 0 Å². The highest BCUT2D eigenvalue weighted by Gasteiger charge is 2.19. The predicted octanol–water partition coefficient (Wildman–Crippen LogP) is 4.78. The highest BCUT2D eigenvalue weighted by molar-refractivity contribution is 6.36. The van der Waals surface area contributed by atoms with E-state index in [9.17, 15) is 14.4 Å². The minimum atomic E-state index is -0.769. The molecule has 3 aromatic rings. The number of aromatic nitrogens is 1. The van der Waals surface area contributed by atoms with Crippen LogP contribution in [0, 0.1) is 5.82 Å². The number of nitrogens with zero attached hydrogens (tertiary/aromatic N) is 1. The van der Waals surface area contributed by atoms with Crippen LogP contribution in [0.15, 0.2) is 36.4 Å². The van der Waals surface area contributed by atoms with Crippen LogP contribution in [0.2, 0.25) is 10.0 Å². The molecule has 0 radical (unpaired) electrons. The van der Waals surface area contributed by atoms with Gasteiger partial charge in [-0.1, -0.05) is 29.3 Å². The van der Waals surface area contributed by atoms with Gasteiger partial charge < -0.3 is 9.94 Å². The fourth-order valence-electron chi connectivity index (χ4n) is 2.38. The van der Waals surface area contributed by atoms with Gasteiger partial charge in [-0.2, -0.15) is 4.73 Å². The van der Waals surface area contributed by atoms with Crippen LogP contribution in [0.5, 0.6) is 0 Å². The van der Waals surface area contributed by atoms with Gasteiger partial charge >= 0.3 is 5.97 Å². The zero-order valence-electron chi connectivity index (χ0n) is 11.8. The summed E-state index contributed by atoms with van der Waals surface area (Å²) >= 11 is 12.0. The second kappa shape index (κ2) is 5.76. The second-order valence-electron chi connectivity index (χ2n) is 4.85. The molecule has 0 atom stereocenters. The summed E-state index contributed by atoms with van der Waals surface area (Å²) in [6, 6.07) is 8.85. The molecule has 118 valence electrons. The van der Waals surface area contributed by atoms with E-state index < -0.39 is 11.8 Å². The molecular formula is C16H10Cl2FNO3. The number of hydrogen-bond acceptors (Lipinski definition) is 3. The normalized spacial score (nSPS) is 11.0. The number of fused-ring (bicyclic) bond motifs is 1. The molecule has 0 spiro atoms. The molecule has 0 aliphatic heterocycles. The zero-order valence-corrected chi connectivity index (χ0v) is 13.3. The molecule has 0 unspecified atom stereocenters. The van der Waals surface area contributed by atoms with Gasteiger partial charge in [-0.3, -0.25) is 0 Å². The van der Waals surface area contributed by atoms with E-state index in [0.717, 1.165) is 0 Å². The molecular weight excluding hydrogens is 344 g/mol. The van der Waals surface area contributed by atoms with Gasteiger partial charge in [-0.05, 0) is 35.9 Å². The summed E-state index contributed by atoms with van der Waals surface area (Å²) < 4.78 is 19.5. The predicted molar refractivity (Wildman–Crippen MR) is 85.9 cm³/mol. The Morgan fingerprint density at radius 3 is 2.61 bits per heavy atom. The minimum Gasteiger partial charge on any atom is -0.464 e. The first-order valence-corrected chi connectivity index (χ1v) is 7.26. The molecule has 0 bridgehead atoms. The molecule has 0 amide bonds. The first-order chi connectivity index (χ1) is 10.9. The summed E-state index contributed by atoms with van der Waals surface area (Å²) in [5.41, 5.74) is 0.964. The lowest BCUT2D eigenvalue weighted by Gasteiger charge is -2.07. The third kappa shape index (κ3) is 2.62. The highest BCUT2D eigenvalue weighted by atomic mass is 35.5. The van der Waals surface area contributed by atoms with Gasteiger partial charge in [-0.15, -0.1) is 0 Å². The molecule has 1 N–H and O–H groups in total. The fraction of sp³-hybridized carbons (Fsp3) is 0.0625. The topological polar surface area (TPSA) is 51.5 Å². The summed E-state index contributed by atoms with van der Waals surface area (Å²) in [5.74, 6) is -1.37. The Morgan fingerprint density at radius 1 is 1.22 bits per heavy atom. The number of rotatable bonds is 2. The van der Waals surface area contributed by atoms with Crippen molar-refractivity contribution in [2.24, 2.45) is 0 Å². The van der Waals surface area contributed by atoms with Crippen LogP contribution in [0.3, 0.4) is 0 Å². The number of methoxy groups -OCH3 is 1. The van der Waals surface area contributed by atoms with Gasteiger partial charge in [0.2, 0.25) is 0 Å². The van der Waals surface area contributed by atoms with Crippen molar-refractivity contribution in [1.82, 2.24) is 4.73 Å². The summed E-state index contributed by atoms with van der Waals surface area (Å²) in [6.45, 7) is 0. The highest BCUT2D eigenvalue weighted by Crippen LogP contribution is 2.34. The van der Waals surface area contributed by atoms with Gasteiger partial charge in [-0.25, -0.2) is 9.18 Å². The van der Waals surface area contributed by atoms with Crippen LogP contribution in [-0.4, -0.2) is 23.0 Å². The van der Waals surface area contributed by atoms with Crippen molar-refractivity contribution in [3.63, 3.8) is 0 Å². The summed E-state index contributed by atoms with van der Waals surface area (Å²) in [4.78, 5) is 11.6. The van der Waals surface area contributed by atoms with Crippen LogP contribution in [0.1, 0.15) is 10.5 Å². The molecule has 23 heavy (non-hydrogen) atoms. The quantitative estimate of drug-likeness (QED) is 0.532. The Morgan fingerprint density at radius 2 is 1.96 bits per heavy atom. The van der Waals surface area contributed by atoms with E-state index in [4.69, 9.17) is 23.2 Å². The maximum Gasteiger partial charge on any atom is 0.358 e. The van der Waals surface area contributed by atoms with Gasteiger partial charge in [0.1, 0.15) is 5.82 Å². The van der Waals surface area contributed by atoms with Gasteiger partial charge in [0.15, 0.2) is 5.69 Å². The van der Waals surface area contributed by atoms with Crippen LogP contribution in [-0.2, 0) is 4.74 Å². The first kappa shape index (κ1) is 15.6. The fourth-order valence-corrected chi connectivity index (χ4v) is 2.90. The van der Waals surface area contributed by atoms with Gasteiger partial charge in [0, 0.05) is 21.0 Å². The maximum absolute atomic E-state index is 14.4. The average molecular weight is 354 g/mol. The number of carbonyl (C=O) groups is 1. The van der Waals surface area contributed by atoms with Crippen molar-refractivity contribution in [3.05, 3.63) is 58.0 Å². The molecule has 0 aliphatic rings. The largest absolute Gasteiger partial charge is 0.464 e. The Hall–Kier alpha value is -2.24. The summed E-state index contributed by atoms with van der Waals surface area (Å²) in [6.07, 6.45) is 0. The molecule has 0 aliphatic carbocycles. The number of hydrogen-bond donors (Lipinski definition) is 1. The molecule has 3 rings (SSSR count). The number of ether oxygens (including phenoxy) is 1. The minimum absolute atomic E-state index is 0.0988. The molecule has 1 aromatic heterocycles. The number of benzene rings is 2. The Labute approximate surface area is 140 Å². The van der Waals surface area contributed by atoms with Crippen molar-refractivity contribution in [2.75, 3.05) is 7.11 Å². The van der Waals surface area contributed by atoms with Crippen molar-refractivity contribution in [3.8, 4) is 11.1 Å². The monoisotopic (exact) mass is 353 g/mol. The van der Waals surface area contributed by atoms with Crippen LogP contribution < -0.4 is 0 Å². The van der Waals surface area contributed by atoms with E-state index in [1.54, 1.807) is 18.2 Å². The lowest BCUT2D eigenvalue weighted by Crippen LogP contribution is -2.07. The van der Waals surface area contributed by atoms with Crippen LogP contribution in [0.25, 0.3) is 22.0 Å². The molecule has 2 aromatic carbocycles. The second-order valence-corrected chi connectivity index (χ2v) is 5.69. The standard InChI is InChI=1S/C16H10Cl2FNO3/c1-23-16(21)15-7-11-13(19)4-8(5-14(11)20(15)22)10-3-2-9(17)6-12(10)18/h2-7,22H,1H3. The number of halogens is 3. The van der Waals surface area contributed by atoms with Crippen molar-refractivity contribution in [2.45, 2.75) is 0 Å². The van der Waals surface area contributed by atoms with E-state index in [-0.39, 0.29) is 16.6 Å². The Kier molecular flexibility index (Phi) is 3.92.